The second kappa shape index (κ2) is 7.13. The molecule has 2 N–H and O–H groups in total. The highest BCUT2D eigenvalue weighted by Gasteiger charge is 2.18. The van der Waals surface area contributed by atoms with Crippen molar-refractivity contribution in [1.29, 1.82) is 0 Å². The fourth-order valence-electron chi connectivity index (χ4n) is 2.50. The van der Waals surface area contributed by atoms with Crippen LogP contribution in [0.3, 0.4) is 0 Å². The number of carbonyl (C=O) groups is 2. The van der Waals surface area contributed by atoms with Gasteiger partial charge in [-0.1, -0.05) is 13.8 Å². The van der Waals surface area contributed by atoms with E-state index in [9.17, 15) is 9.59 Å². The summed E-state index contributed by atoms with van der Waals surface area (Å²) >= 11 is 0. The number of hydrogen-bond donors (Lipinski definition) is 2. The van der Waals surface area contributed by atoms with Gasteiger partial charge in [-0.05, 0) is 31.9 Å². The first kappa shape index (κ1) is 16.8. The molecule has 23 heavy (non-hydrogen) atoms. The van der Waals surface area contributed by atoms with Crippen molar-refractivity contribution in [3.05, 3.63) is 41.1 Å². The predicted molar refractivity (Wildman–Crippen MR) is 83.4 cm³/mol. The van der Waals surface area contributed by atoms with E-state index in [2.05, 4.69) is 24.3 Å². The third kappa shape index (κ3) is 3.61. The molecule has 0 fully saturated rings. The zero-order valence-electron chi connectivity index (χ0n) is 13.5. The molecule has 0 spiro atoms. The van der Waals surface area contributed by atoms with E-state index in [1.165, 1.54) is 12.1 Å². The van der Waals surface area contributed by atoms with Gasteiger partial charge < -0.3 is 14.8 Å². The lowest BCUT2D eigenvalue weighted by molar-refractivity contribution is 0.0660. The molecule has 0 saturated carbocycles. The Balaban J connectivity index is 2.04. The minimum absolute atomic E-state index is 0.127. The fraction of sp³-hybridized carbons (Fsp3) is 0.438. The molecule has 2 heterocycles. The van der Waals surface area contributed by atoms with Gasteiger partial charge in [-0.15, -0.1) is 0 Å². The van der Waals surface area contributed by atoms with Crippen molar-refractivity contribution in [3.8, 4) is 0 Å². The first-order chi connectivity index (χ1) is 11.0. The highest BCUT2D eigenvalue weighted by molar-refractivity contribution is 5.95. The summed E-state index contributed by atoms with van der Waals surface area (Å²) in [5.74, 6) is -1.15. The van der Waals surface area contributed by atoms with Crippen LogP contribution in [0.15, 0.2) is 22.7 Å². The van der Waals surface area contributed by atoms with Crippen LogP contribution in [0, 0.1) is 6.92 Å². The van der Waals surface area contributed by atoms with Crippen molar-refractivity contribution in [1.82, 2.24) is 15.1 Å². The van der Waals surface area contributed by atoms with E-state index < -0.39 is 5.97 Å². The normalized spacial score (nSPS) is 11.0. The van der Waals surface area contributed by atoms with Crippen molar-refractivity contribution in [3.63, 3.8) is 0 Å². The van der Waals surface area contributed by atoms with Crippen molar-refractivity contribution in [2.24, 2.45) is 0 Å². The van der Waals surface area contributed by atoms with Gasteiger partial charge in [0.05, 0.1) is 24.3 Å². The van der Waals surface area contributed by atoms with Crippen molar-refractivity contribution in [2.75, 3.05) is 0 Å². The molecule has 7 heteroatoms. The summed E-state index contributed by atoms with van der Waals surface area (Å²) in [7, 11) is 0. The lowest BCUT2D eigenvalue weighted by Crippen LogP contribution is -2.23. The van der Waals surface area contributed by atoms with Crippen LogP contribution in [-0.2, 0) is 6.54 Å². The Hall–Kier alpha value is -2.57. The Kier molecular flexibility index (Phi) is 5.20. The molecule has 0 radical (unpaired) electrons. The number of furan rings is 1. The molecular formula is C16H21N3O4. The molecule has 2 rings (SSSR count). The van der Waals surface area contributed by atoms with Gasteiger partial charge in [-0.25, -0.2) is 4.79 Å². The van der Waals surface area contributed by atoms with Gasteiger partial charge in [0.15, 0.2) is 0 Å². The van der Waals surface area contributed by atoms with Gasteiger partial charge in [-0.2, -0.15) is 5.10 Å². The fourth-order valence-corrected chi connectivity index (χ4v) is 2.50. The van der Waals surface area contributed by atoms with Gasteiger partial charge in [0, 0.05) is 5.69 Å². The van der Waals surface area contributed by atoms with Crippen molar-refractivity contribution < 1.29 is 19.1 Å². The largest absolute Gasteiger partial charge is 0.475 e. The third-order valence-electron chi connectivity index (χ3n) is 3.87. The molecule has 0 saturated heterocycles. The average Bonchev–Trinajstić information content (AvgIpc) is 3.14. The Morgan fingerprint density at radius 1 is 1.35 bits per heavy atom. The molecule has 2 aromatic heterocycles. The number of hydrogen-bond acceptors (Lipinski definition) is 4. The molecule has 0 unspecified atom stereocenters. The number of carboxylic acids is 1. The first-order valence-electron chi connectivity index (χ1n) is 7.62. The van der Waals surface area contributed by atoms with E-state index in [0.29, 0.717) is 11.3 Å². The minimum Gasteiger partial charge on any atom is -0.475 e. The first-order valence-corrected chi connectivity index (χ1v) is 7.62. The summed E-state index contributed by atoms with van der Waals surface area (Å²) in [6.45, 7) is 6.18. The zero-order valence-corrected chi connectivity index (χ0v) is 13.5. The highest BCUT2D eigenvalue weighted by Crippen LogP contribution is 2.19. The minimum atomic E-state index is -1.13. The van der Waals surface area contributed by atoms with E-state index in [1.807, 2.05) is 11.6 Å². The maximum absolute atomic E-state index is 12.3. The molecule has 0 aliphatic heterocycles. The van der Waals surface area contributed by atoms with Crippen LogP contribution in [0.25, 0.3) is 0 Å². The lowest BCUT2D eigenvalue weighted by Gasteiger charge is -2.15. The summed E-state index contributed by atoms with van der Waals surface area (Å²) in [5.41, 5.74) is 1.34. The lowest BCUT2D eigenvalue weighted by atomic mass is 10.1. The number of aromatic carboxylic acids is 1. The van der Waals surface area contributed by atoms with E-state index >= 15 is 0 Å². The smallest absolute Gasteiger partial charge is 0.371 e. The van der Waals surface area contributed by atoms with Gasteiger partial charge in [0.1, 0.15) is 5.76 Å². The van der Waals surface area contributed by atoms with Gasteiger partial charge in [-0.3, -0.25) is 9.48 Å². The Bertz CT molecular complexity index is 698. The molecule has 0 bridgehead atoms. The monoisotopic (exact) mass is 319 g/mol. The van der Waals surface area contributed by atoms with E-state index in [4.69, 9.17) is 9.52 Å². The number of nitrogens with zero attached hydrogens (tertiary/aromatic N) is 2. The third-order valence-corrected chi connectivity index (χ3v) is 3.87. The Morgan fingerprint density at radius 3 is 2.61 bits per heavy atom. The second-order valence-corrected chi connectivity index (χ2v) is 5.31. The second-order valence-electron chi connectivity index (χ2n) is 5.31. The molecule has 0 aliphatic carbocycles. The number of carboxylic acid groups (broad SMARTS) is 1. The maximum Gasteiger partial charge on any atom is 0.371 e. The summed E-state index contributed by atoms with van der Waals surface area (Å²) < 4.78 is 6.98. The molecule has 124 valence electrons. The van der Waals surface area contributed by atoms with E-state index in [1.54, 1.807) is 6.20 Å². The predicted octanol–water partition coefficient (Wildman–Crippen LogP) is 2.77. The van der Waals surface area contributed by atoms with Crippen LogP contribution in [0.2, 0.25) is 0 Å². The van der Waals surface area contributed by atoms with Gasteiger partial charge in [0.25, 0.3) is 5.91 Å². The molecule has 0 aromatic carbocycles. The molecule has 0 aliphatic rings. The topological polar surface area (TPSA) is 97.4 Å². The highest BCUT2D eigenvalue weighted by atomic mass is 16.4. The quantitative estimate of drug-likeness (QED) is 0.818. The summed E-state index contributed by atoms with van der Waals surface area (Å²) in [6, 6.07) is 3.17. The summed E-state index contributed by atoms with van der Waals surface area (Å²) in [5, 5.41) is 15.8. The average molecular weight is 319 g/mol. The van der Waals surface area contributed by atoms with E-state index in [-0.39, 0.29) is 24.3 Å². The number of rotatable bonds is 7. The van der Waals surface area contributed by atoms with Crippen LogP contribution in [0.4, 0.5) is 0 Å². The van der Waals surface area contributed by atoms with Crippen LogP contribution < -0.4 is 5.32 Å². The van der Waals surface area contributed by atoms with Crippen LogP contribution in [0.5, 0.6) is 0 Å². The van der Waals surface area contributed by atoms with Gasteiger partial charge >= 0.3 is 5.97 Å². The number of carbonyl (C=O) groups excluding carboxylic acids is 1. The molecule has 2 aromatic rings. The molecule has 0 atom stereocenters. The zero-order chi connectivity index (χ0) is 17.0. The maximum atomic E-state index is 12.3. The van der Waals surface area contributed by atoms with Crippen LogP contribution in [0.1, 0.15) is 65.1 Å². The number of aromatic nitrogens is 2. The molecule has 1 amide bonds. The van der Waals surface area contributed by atoms with Crippen molar-refractivity contribution >= 4 is 11.9 Å². The SMILES string of the molecule is CCC(CC)n1ncc(C(=O)NCc2ccc(C(=O)O)o2)c1C. The Morgan fingerprint density at radius 2 is 2.04 bits per heavy atom. The summed E-state index contributed by atoms with van der Waals surface area (Å²) in [4.78, 5) is 23.0. The summed E-state index contributed by atoms with van der Waals surface area (Å²) in [6.07, 6.45) is 3.46. The molecular weight excluding hydrogens is 298 g/mol. The van der Waals surface area contributed by atoms with Crippen LogP contribution in [-0.4, -0.2) is 26.8 Å². The number of amides is 1. The molecule has 7 nitrogen and oxygen atoms in total. The van der Waals surface area contributed by atoms with Crippen LogP contribution >= 0.6 is 0 Å². The standard InChI is InChI=1S/C16H21N3O4/c1-4-11(5-2)19-10(3)13(9-18-19)15(20)17-8-12-6-7-14(23-12)16(21)22/h6-7,9,11H,4-5,8H2,1-3H3,(H,17,20)(H,21,22). The van der Waals surface area contributed by atoms with E-state index in [0.717, 1.165) is 18.5 Å². The van der Waals surface area contributed by atoms with Crippen molar-refractivity contribution in [2.45, 2.75) is 46.2 Å². The van der Waals surface area contributed by atoms with Gasteiger partial charge in [0.2, 0.25) is 5.76 Å². The Labute approximate surface area is 134 Å². The number of nitrogens with one attached hydrogen (secondary N) is 1.